The number of benzene rings is 1. The van der Waals surface area contributed by atoms with Gasteiger partial charge < -0.3 is 0 Å². The highest BCUT2D eigenvalue weighted by Crippen LogP contribution is 2.06. The summed E-state index contributed by atoms with van der Waals surface area (Å²) < 4.78 is 23.7. The van der Waals surface area contributed by atoms with Gasteiger partial charge in [-0.05, 0) is 19.1 Å². The van der Waals surface area contributed by atoms with Crippen molar-refractivity contribution in [3.05, 3.63) is 29.8 Å². The zero-order valence-corrected chi connectivity index (χ0v) is 7.93. The van der Waals surface area contributed by atoms with Crippen LogP contribution in [0.1, 0.15) is 5.56 Å². The Balaban J connectivity index is 3.14. The van der Waals surface area contributed by atoms with Crippen molar-refractivity contribution in [2.45, 2.75) is 11.8 Å². The predicted octanol–water partition coefficient (Wildman–Crippen LogP) is -0.123. The Bertz CT molecular complexity index is 353. The standard InChI is InChI=1S/C8H11NO2S/c1-7-3-5-8(6-4-7)12(10,11)9-2/h3-6,9H,1-2H3/p+1. The first-order valence-electron chi connectivity index (χ1n) is 3.67. The summed E-state index contributed by atoms with van der Waals surface area (Å²) in [6, 6.07) is 6.81. The molecule has 2 N–H and O–H groups in total. The lowest BCUT2D eigenvalue weighted by molar-refractivity contribution is -0.461. The second-order valence-corrected chi connectivity index (χ2v) is 4.63. The smallest absolute Gasteiger partial charge is 0.239 e. The lowest BCUT2D eigenvalue weighted by atomic mass is 10.2. The van der Waals surface area contributed by atoms with Crippen LogP contribution in [0, 0.1) is 6.92 Å². The number of sulfonamides is 1. The Kier molecular flexibility index (Phi) is 2.49. The van der Waals surface area contributed by atoms with Crippen LogP contribution in [0.2, 0.25) is 0 Å². The van der Waals surface area contributed by atoms with Crippen molar-refractivity contribution < 1.29 is 13.1 Å². The molecule has 0 saturated heterocycles. The third-order valence-electron chi connectivity index (χ3n) is 1.66. The zero-order valence-electron chi connectivity index (χ0n) is 7.11. The monoisotopic (exact) mass is 186 g/mol. The van der Waals surface area contributed by atoms with Gasteiger partial charge in [0.05, 0.1) is 7.05 Å². The van der Waals surface area contributed by atoms with Gasteiger partial charge >= 0.3 is 10.0 Å². The lowest BCUT2D eigenvalue weighted by Crippen LogP contribution is -2.82. The van der Waals surface area contributed by atoms with E-state index >= 15 is 0 Å². The molecule has 0 atom stereocenters. The van der Waals surface area contributed by atoms with E-state index in [9.17, 15) is 8.42 Å². The van der Waals surface area contributed by atoms with E-state index in [1.54, 1.807) is 24.3 Å². The van der Waals surface area contributed by atoms with Gasteiger partial charge in [0.1, 0.15) is 4.90 Å². The fourth-order valence-corrected chi connectivity index (χ4v) is 1.65. The summed E-state index contributed by atoms with van der Waals surface area (Å²) in [5.41, 5.74) is 1.06. The lowest BCUT2D eigenvalue weighted by Gasteiger charge is -1.98. The maximum Gasteiger partial charge on any atom is 0.323 e. The Hall–Kier alpha value is -0.870. The average Bonchev–Trinajstić information content (AvgIpc) is 2.05. The van der Waals surface area contributed by atoms with Gasteiger partial charge in [-0.25, -0.2) is 4.72 Å². The van der Waals surface area contributed by atoms with Crippen molar-refractivity contribution in [2.24, 2.45) is 0 Å². The average molecular weight is 186 g/mol. The van der Waals surface area contributed by atoms with Crippen LogP contribution in [0.3, 0.4) is 0 Å². The van der Waals surface area contributed by atoms with E-state index in [2.05, 4.69) is 0 Å². The second kappa shape index (κ2) is 3.25. The summed E-state index contributed by atoms with van der Waals surface area (Å²) in [4.78, 5) is 0.357. The highest BCUT2D eigenvalue weighted by molar-refractivity contribution is 7.84. The highest BCUT2D eigenvalue weighted by atomic mass is 32.2. The molecule has 3 nitrogen and oxygen atoms in total. The van der Waals surface area contributed by atoms with Crippen LogP contribution in [-0.4, -0.2) is 15.5 Å². The molecular weight excluding hydrogens is 174 g/mol. The van der Waals surface area contributed by atoms with Gasteiger partial charge in [-0.1, -0.05) is 17.7 Å². The number of aryl methyl sites for hydroxylation is 1. The number of primary sulfonamides is 1. The molecule has 0 aliphatic rings. The van der Waals surface area contributed by atoms with Gasteiger partial charge in [-0.2, -0.15) is 8.42 Å². The van der Waals surface area contributed by atoms with E-state index in [1.807, 2.05) is 6.92 Å². The van der Waals surface area contributed by atoms with E-state index in [-0.39, 0.29) is 0 Å². The first-order chi connectivity index (χ1) is 5.56. The van der Waals surface area contributed by atoms with Crippen molar-refractivity contribution in [2.75, 3.05) is 7.05 Å². The topological polar surface area (TPSA) is 50.8 Å². The molecule has 4 heteroatoms. The molecule has 0 fully saturated rings. The quantitative estimate of drug-likeness (QED) is 0.700. The van der Waals surface area contributed by atoms with Crippen LogP contribution in [0.25, 0.3) is 0 Å². The minimum atomic E-state index is -3.14. The molecule has 0 radical (unpaired) electrons. The summed E-state index contributed by atoms with van der Waals surface area (Å²) in [6.07, 6.45) is 0. The van der Waals surface area contributed by atoms with Gasteiger partial charge in [-0.15, -0.1) is 0 Å². The first kappa shape index (κ1) is 9.22. The molecule has 12 heavy (non-hydrogen) atoms. The molecule has 0 heterocycles. The SMILES string of the molecule is C[NH2+]S(=O)(=O)c1ccc(C)cc1. The number of rotatable bonds is 2. The zero-order chi connectivity index (χ0) is 9.19. The first-order valence-corrected chi connectivity index (χ1v) is 5.22. The molecule has 0 amide bonds. The molecule has 0 bridgehead atoms. The van der Waals surface area contributed by atoms with Crippen molar-refractivity contribution in [1.29, 1.82) is 0 Å². The van der Waals surface area contributed by atoms with Crippen molar-refractivity contribution in [1.82, 2.24) is 0 Å². The molecule has 0 saturated carbocycles. The molecule has 1 aromatic carbocycles. The normalized spacial score (nSPS) is 11.5. The third kappa shape index (κ3) is 1.84. The number of quaternary nitrogens is 1. The van der Waals surface area contributed by atoms with Crippen LogP contribution >= 0.6 is 0 Å². The molecule has 0 aliphatic carbocycles. The number of hydrogen-bond donors (Lipinski definition) is 1. The summed E-state index contributed by atoms with van der Waals surface area (Å²) in [5, 5.41) is 0. The van der Waals surface area contributed by atoms with Crippen LogP contribution in [-0.2, 0) is 10.0 Å². The van der Waals surface area contributed by atoms with E-state index in [1.165, 1.54) is 11.8 Å². The van der Waals surface area contributed by atoms with Gasteiger partial charge in [0.15, 0.2) is 0 Å². The van der Waals surface area contributed by atoms with Gasteiger partial charge in [0, 0.05) is 0 Å². The maximum absolute atomic E-state index is 11.3. The minimum Gasteiger partial charge on any atom is -0.239 e. The Morgan fingerprint density at radius 3 is 2.08 bits per heavy atom. The molecule has 0 unspecified atom stereocenters. The third-order valence-corrected chi connectivity index (χ3v) is 3.21. The predicted molar refractivity (Wildman–Crippen MR) is 46.2 cm³/mol. The van der Waals surface area contributed by atoms with Crippen LogP contribution < -0.4 is 4.72 Å². The summed E-state index contributed by atoms with van der Waals surface area (Å²) >= 11 is 0. The molecule has 66 valence electrons. The van der Waals surface area contributed by atoms with E-state index in [0.29, 0.717) is 4.90 Å². The van der Waals surface area contributed by atoms with E-state index in [4.69, 9.17) is 0 Å². The van der Waals surface area contributed by atoms with Crippen LogP contribution in [0.15, 0.2) is 29.2 Å². The molecule has 0 spiro atoms. The van der Waals surface area contributed by atoms with Gasteiger partial charge in [-0.3, -0.25) is 0 Å². The van der Waals surface area contributed by atoms with Crippen molar-refractivity contribution in [3.63, 3.8) is 0 Å². The fraction of sp³-hybridized carbons (Fsp3) is 0.250. The summed E-state index contributed by atoms with van der Waals surface area (Å²) in [6.45, 7) is 1.92. The molecule has 0 aromatic heterocycles. The summed E-state index contributed by atoms with van der Waals surface area (Å²) in [7, 11) is -1.62. The highest BCUT2D eigenvalue weighted by Gasteiger charge is 2.13. The molecule has 1 aromatic rings. The fourth-order valence-electron chi connectivity index (χ4n) is 0.864. The second-order valence-electron chi connectivity index (χ2n) is 2.59. The van der Waals surface area contributed by atoms with Gasteiger partial charge in [0.25, 0.3) is 0 Å². The van der Waals surface area contributed by atoms with Crippen molar-refractivity contribution in [3.8, 4) is 0 Å². The Morgan fingerprint density at radius 2 is 1.67 bits per heavy atom. The van der Waals surface area contributed by atoms with Crippen LogP contribution in [0.4, 0.5) is 0 Å². The molecule has 0 aliphatic heterocycles. The summed E-state index contributed by atoms with van der Waals surface area (Å²) in [5.74, 6) is 0. The van der Waals surface area contributed by atoms with Crippen molar-refractivity contribution >= 4 is 10.0 Å². The minimum absolute atomic E-state index is 0.357. The maximum atomic E-state index is 11.3. The van der Waals surface area contributed by atoms with E-state index in [0.717, 1.165) is 5.56 Å². The van der Waals surface area contributed by atoms with Gasteiger partial charge in [0.2, 0.25) is 0 Å². The Labute approximate surface area is 72.5 Å². The number of nitrogens with two attached hydrogens (primary N) is 1. The Morgan fingerprint density at radius 1 is 1.17 bits per heavy atom. The van der Waals surface area contributed by atoms with E-state index < -0.39 is 10.0 Å². The number of hydrogen-bond acceptors (Lipinski definition) is 2. The molecular formula is C8H12NO2S+. The van der Waals surface area contributed by atoms with Crippen LogP contribution in [0.5, 0.6) is 0 Å². The largest absolute Gasteiger partial charge is 0.323 e. The molecule has 1 rings (SSSR count).